The third-order valence-corrected chi connectivity index (χ3v) is 6.25. The van der Waals surface area contributed by atoms with Gasteiger partial charge in [-0.15, -0.1) is 24.0 Å². The number of nitrogens with one attached hydrogen (secondary N) is 2. The van der Waals surface area contributed by atoms with E-state index >= 15 is 0 Å². The summed E-state index contributed by atoms with van der Waals surface area (Å²) in [6.07, 6.45) is 7.35. The van der Waals surface area contributed by atoms with Gasteiger partial charge in [-0.1, -0.05) is 36.2 Å². The Morgan fingerprint density at radius 1 is 1.16 bits per heavy atom. The first-order valence-corrected chi connectivity index (χ1v) is 12.2. The number of halogens is 1. The van der Waals surface area contributed by atoms with E-state index in [1.807, 2.05) is 4.90 Å². The van der Waals surface area contributed by atoms with Crippen LogP contribution in [0.2, 0.25) is 0 Å². The summed E-state index contributed by atoms with van der Waals surface area (Å²) in [7, 11) is 0. The fourth-order valence-corrected chi connectivity index (χ4v) is 4.46. The Labute approximate surface area is 211 Å². The topological polar surface area (TPSA) is 66.0 Å². The van der Waals surface area contributed by atoms with Gasteiger partial charge >= 0.3 is 0 Å². The van der Waals surface area contributed by atoms with Gasteiger partial charge in [-0.2, -0.15) is 0 Å². The first-order chi connectivity index (χ1) is 15.2. The molecular formula is C25H41IN4O2. The van der Waals surface area contributed by atoms with Gasteiger partial charge in [0.1, 0.15) is 0 Å². The monoisotopic (exact) mass is 556 g/mol. The number of hydrogen-bond donors (Lipinski definition) is 2. The number of hydrogen-bond acceptors (Lipinski definition) is 3. The molecule has 2 N–H and O–H groups in total. The molecule has 32 heavy (non-hydrogen) atoms. The van der Waals surface area contributed by atoms with Crippen LogP contribution in [0, 0.1) is 12.8 Å². The lowest BCUT2D eigenvalue weighted by atomic mass is 9.89. The fraction of sp³-hybridized carbons (Fsp3) is 0.680. The summed E-state index contributed by atoms with van der Waals surface area (Å²) in [4.78, 5) is 19.1. The van der Waals surface area contributed by atoms with Crippen molar-refractivity contribution < 1.29 is 9.53 Å². The minimum absolute atomic E-state index is 0. The molecule has 0 aliphatic carbocycles. The Morgan fingerprint density at radius 3 is 2.75 bits per heavy atom. The molecule has 2 heterocycles. The predicted octanol–water partition coefficient (Wildman–Crippen LogP) is 4.43. The molecule has 2 aliphatic heterocycles. The highest BCUT2D eigenvalue weighted by atomic mass is 127. The number of likely N-dealkylation sites (tertiary alicyclic amines) is 1. The molecule has 2 unspecified atom stereocenters. The molecule has 1 aromatic rings. The van der Waals surface area contributed by atoms with E-state index in [0.29, 0.717) is 18.2 Å². The van der Waals surface area contributed by atoms with Gasteiger partial charge in [-0.05, 0) is 51.5 Å². The standard InChI is InChI=1S/C25H40N4O2.HI/c1-3-26-25(27-15-8-17-29-16-6-4-5-10-23(29)30)28-19-22-9-7-18-31-24(22)21-13-11-20(2)12-14-21;/h11-14,22,24H,3-10,15-19H2,1-2H3,(H2,26,27,28);1H. The molecule has 1 amide bonds. The van der Waals surface area contributed by atoms with Crippen LogP contribution in [-0.2, 0) is 9.53 Å². The van der Waals surface area contributed by atoms with Crippen LogP contribution in [0.4, 0.5) is 0 Å². The summed E-state index contributed by atoms with van der Waals surface area (Å²) in [5.74, 6) is 1.57. The smallest absolute Gasteiger partial charge is 0.222 e. The summed E-state index contributed by atoms with van der Waals surface area (Å²) in [6, 6.07) is 8.70. The van der Waals surface area contributed by atoms with Crippen LogP contribution in [0.25, 0.3) is 0 Å². The SMILES string of the molecule is CCNC(=NCC1CCCOC1c1ccc(C)cc1)NCCCN1CCCCCC1=O.I. The first-order valence-electron chi connectivity index (χ1n) is 12.2. The summed E-state index contributed by atoms with van der Waals surface area (Å²) >= 11 is 0. The second kappa shape index (κ2) is 14.7. The van der Waals surface area contributed by atoms with Gasteiger partial charge < -0.3 is 20.3 Å². The van der Waals surface area contributed by atoms with Gasteiger partial charge in [0.25, 0.3) is 0 Å². The van der Waals surface area contributed by atoms with E-state index in [2.05, 4.69) is 48.7 Å². The van der Waals surface area contributed by atoms with E-state index < -0.39 is 0 Å². The van der Waals surface area contributed by atoms with Gasteiger partial charge in [0.2, 0.25) is 5.91 Å². The number of carbonyl (C=O) groups is 1. The molecule has 3 rings (SSSR count). The van der Waals surface area contributed by atoms with Crippen molar-refractivity contribution in [2.45, 2.75) is 64.9 Å². The predicted molar refractivity (Wildman–Crippen MR) is 142 cm³/mol. The third kappa shape index (κ3) is 8.54. The molecule has 2 aliphatic rings. The second-order valence-electron chi connectivity index (χ2n) is 8.80. The normalized spacial score (nSPS) is 22.1. The molecule has 0 bridgehead atoms. The Morgan fingerprint density at radius 2 is 1.97 bits per heavy atom. The maximum Gasteiger partial charge on any atom is 0.222 e. The molecule has 6 nitrogen and oxygen atoms in total. The minimum atomic E-state index is 0. The zero-order valence-electron chi connectivity index (χ0n) is 19.8. The molecule has 2 fully saturated rings. The summed E-state index contributed by atoms with van der Waals surface area (Å²) < 4.78 is 6.15. The molecular weight excluding hydrogens is 515 g/mol. The zero-order chi connectivity index (χ0) is 21.9. The van der Waals surface area contributed by atoms with Gasteiger partial charge in [0.15, 0.2) is 5.96 Å². The van der Waals surface area contributed by atoms with Gasteiger partial charge in [0, 0.05) is 51.7 Å². The lowest BCUT2D eigenvalue weighted by Crippen LogP contribution is -2.40. The van der Waals surface area contributed by atoms with Gasteiger partial charge in [-0.25, -0.2) is 0 Å². The van der Waals surface area contributed by atoms with Crippen LogP contribution >= 0.6 is 24.0 Å². The molecule has 0 saturated carbocycles. The Bertz CT molecular complexity index is 710. The highest BCUT2D eigenvalue weighted by Gasteiger charge is 2.27. The lowest BCUT2D eigenvalue weighted by molar-refractivity contribution is -0.130. The molecule has 1 aromatic carbocycles. The van der Waals surface area contributed by atoms with Gasteiger partial charge in [0.05, 0.1) is 6.10 Å². The molecule has 0 aromatic heterocycles. The van der Waals surface area contributed by atoms with Crippen molar-refractivity contribution in [1.29, 1.82) is 0 Å². The maximum absolute atomic E-state index is 12.1. The summed E-state index contributed by atoms with van der Waals surface area (Å²) in [5, 5.41) is 6.81. The highest BCUT2D eigenvalue weighted by Crippen LogP contribution is 2.33. The van der Waals surface area contributed by atoms with Crippen molar-refractivity contribution in [3.05, 3.63) is 35.4 Å². The second-order valence-corrected chi connectivity index (χ2v) is 8.80. The Balaban J connectivity index is 0.00000363. The average Bonchev–Trinajstić information content (AvgIpc) is 2.99. The molecule has 180 valence electrons. The van der Waals surface area contributed by atoms with E-state index in [1.165, 1.54) is 17.5 Å². The zero-order valence-corrected chi connectivity index (χ0v) is 22.1. The molecule has 0 spiro atoms. The largest absolute Gasteiger partial charge is 0.373 e. The van der Waals surface area contributed by atoms with Crippen molar-refractivity contribution in [3.8, 4) is 0 Å². The van der Waals surface area contributed by atoms with Crippen LogP contribution in [0.15, 0.2) is 29.3 Å². The van der Waals surface area contributed by atoms with Crippen molar-refractivity contribution in [1.82, 2.24) is 15.5 Å². The number of benzene rings is 1. The first kappa shape index (κ1) is 26.9. The van der Waals surface area contributed by atoms with Crippen LogP contribution in [0.5, 0.6) is 0 Å². The van der Waals surface area contributed by atoms with Crippen LogP contribution < -0.4 is 10.6 Å². The van der Waals surface area contributed by atoms with Crippen LogP contribution in [0.1, 0.15) is 69.1 Å². The lowest BCUT2D eigenvalue weighted by Gasteiger charge is -2.31. The Kier molecular flexibility index (Phi) is 12.4. The van der Waals surface area contributed by atoms with E-state index in [4.69, 9.17) is 9.73 Å². The van der Waals surface area contributed by atoms with Crippen LogP contribution in [0.3, 0.4) is 0 Å². The summed E-state index contributed by atoms with van der Waals surface area (Å²) in [6.45, 7) is 9.17. The molecule has 0 radical (unpaired) electrons. The van der Waals surface area contributed by atoms with Gasteiger partial charge in [-0.3, -0.25) is 9.79 Å². The fourth-order valence-electron chi connectivity index (χ4n) is 4.46. The van der Waals surface area contributed by atoms with E-state index in [0.717, 1.165) is 77.4 Å². The van der Waals surface area contributed by atoms with Crippen molar-refractivity contribution >= 4 is 35.8 Å². The number of guanidine groups is 1. The van der Waals surface area contributed by atoms with Crippen molar-refractivity contribution in [2.75, 3.05) is 39.3 Å². The molecule has 2 saturated heterocycles. The highest BCUT2D eigenvalue weighted by molar-refractivity contribution is 14.0. The number of amides is 1. The van der Waals surface area contributed by atoms with Crippen molar-refractivity contribution in [2.24, 2.45) is 10.9 Å². The molecule has 2 atom stereocenters. The van der Waals surface area contributed by atoms with Crippen molar-refractivity contribution in [3.63, 3.8) is 0 Å². The number of rotatable bonds is 8. The maximum atomic E-state index is 12.1. The summed E-state index contributed by atoms with van der Waals surface area (Å²) in [5.41, 5.74) is 2.53. The average molecular weight is 557 g/mol. The minimum Gasteiger partial charge on any atom is -0.373 e. The number of carbonyl (C=O) groups excluding carboxylic acids is 1. The number of nitrogens with zero attached hydrogens (tertiary/aromatic N) is 2. The molecule has 7 heteroatoms. The van der Waals surface area contributed by atoms with E-state index in [9.17, 15) is 4.79 Å². The Hall–Kier alpha value is -1.35. The van der Waals surface area contributed by atoms with E-state index in [-0.39, 0.29) is 30.1 Å². The quantitative estimate of drug-likeness (QED) is 0.215. The number of aryl methyl sites for hydroxylation is 1. The van der Waals surface area contributed by atoms with E-state index in [1.54, 1.807) is 0 Å². The number of aliphatic imine (C=N–C) groups is 1. The number of ether oxygens (including phenoxy) is 1. The van der Waals surface area contributed by atoms with Crippen LogP contribution in [-0.4, -0.2) is 56.1 Å². The third-order valence-electron chi connectivity index (χ3n) is 6.25.